The topological polar surface area (TPSA) is 54.0 Å². The number of phenolic OH excluding ortho intramolecular Hbond substituents is 1. The fourth-order valence-corrected chi connectivity index (χ4v) is 3.26. The molecule has 2 N–H and O–H groups in total. The molecular weight excluding hydrogens is 348 g/mol. The van der Waals surface area contributed by atoms with Gasteiger partial charge in [-0.3, -0.25) is 0 Å². The number of nitrogens with one attached hydrogen (secondary N) is 1. The molecule has 2 aromatic carbocycles. The lowest BCUT2D eigenvalue weighted by molar-refractivity contribution is 0.0903. The number of thiocarbonyl (C=S) groups is 1. The van der Waals surface area contributed by atoms with Gasteiger partial charge in [-0.15, -0.1) is 0 Å². The van der Waals surface area contributed by atoms with E-state index in [9.17, 15) is 5.11 Å². The van der Waals surface area contributed by atoms with Crippen molar-refractivity contribution in [3.8, 4) is 11.5 Å². The van der Waals surface area contributed by atoms with E-state index in [4.69, 9.17) is 21.7 Å². The first-order valence-electron chi connectivity index (χ1n) is 8.74. The van der Waals surface area contributed by atoms with Crippen molar-refractivity contribution in [2.75, 3.05) is 25.6 Å². The molecule has 0 spiro atoms. The van der Waals surface area contributed by atoms with E-state index >= 15 is 0 Å². The molecule has 26 heavy (non-hydrogen) atoms. The number of hydrogen-bond donors (Lipinski definition) is 2. The molecule has 0 amide bonds. The molecule has 0 saturated carbocycles. The first-order valence-corrected chi connectivity index (χ1v) is 9.15. The minimum absolute atomic E-state index is 0.158. The average molecular weight is 372 g/mol. The lowest BCUT2D eigenvalue weighted by atomic mass is 10.1. The largest absolute Gasteiger partial charge is 0.508 e. The summed E-state index contributed by atoms with van der Waals surface area (Å²) in [5.41, 5.74) is 1.70. The minimum atomic E-state index is 0.158. The van der Waals surface area contributed by atoms with Crippen LogP contribution in [0.4, 0.5) is 5.69 Å². The molecule has 3 rings (SSSR count). The lowest BCUT2D eigenvalue weighted by Gasteiger charge is -2.28. The van der Waals surface area contributed by atoms with Crippen LogP contribution in [-0.2, 0) is 11.3 Å². The van der Waals surface area contributed by atoms with E-state index in [1.54, 1.807) is 13.2 Å². The third kappa shape index (κ3) is 4.86. The number of hydrogen-bond acceptors (Lipinski definition) is 4. The lowest BCUT2D eigenvalue weighted by Crippen LogP contribution is -2.39. The van der Waals surface area contributed by atoms with Gasteiger partial charge >= 0.3 is 0 Å². The molecule has 6 heteroatoms. The predicted molar refractivity (Wildman–Crippen MR) is 107 cm³/mol. The van der Waals surface area contributed by atoms with Crippen molar-refractivity contribution in [3.63, 3.8) is 0 Å². The normalized spacial score (nSPS) is 16.3. The monoisotopic (exact) mass is 372 g/mol. The Labute approximate surface area is 159 Å². The molecule has 5 nitrogen and oxygen atoms in total. The second-order valence-corrected chi connectivity index (χ2v) is 6.69. The molecule has 2 aromatic rings. The Hall–Kier alpha value is -2.31. The van der Waals surface area contributed by atoms with Crippen LogP contribution >= 0.6 is 12.2 Å². The molecule has 0 aliphatic carbocycles. The molecule has 1 unspecified atom stereocenters. The van der Waals surface area contributed by atoms with Crippen LogP contribution in [0.25, 0.3) is 0 Å². The van der Waals surface area contributed by atoms with Crippen molar-refractivity contribution in [1.82, 2.24) is 4.90 Å². The van der Waals surface area contributed by atoms with Gasteiger partial charge in [0.05, 0.1) is 13.2 Å². The summed E-state index contributed by atoms with van der Waals surface area (Å²) in [7, 11) is 1.64. The zero-order valence-corrected chi connectivity index (χ0v) is 15.7. The highest BCUT2D eigenvalue weighted by molar-refractivity contribution is 7.80. The number of ether oxygens (including phenoxy) is 2. The van der Waals surface area contributed by atoms with Gasteiger partial charge in [0.1, 0.15) is 11.5 Å². The van der Waals surface area contributed by atoms with Gasteiger partial charge < -0.3 is 24.8 Å². The number of aromatic hydroxyl groups is 1. The summed E-state index contributed by atoms with van der Waals surface area (Å²) in [4.78, 5) is 2.04. The van der Waals surface area contributed by atoms with Crippen LogP contribution in [-0.4, -0.2) is 41.5 Å². The molecule has 0 aromatic heterocycles. The number of nitrogens with zero attached hydrogens (tertiary/aromatic N) is 1. The quantitative estimate of drug-likeness (QED) is 0.753. The summed E-state index contributed by atoms with van der Waals surface area (Å²) < 4.78 is 11.0. The number of rotatable bonds is 6. The SMILES string of the molecule is COc1cccc(NC(=S)N(Cc2ccccc2O)CC2CCCO2)c1. The van der Waals surface area contributed by atoms with Crippen LogP contribution in [0.15, 0.2) is 48.5 Å². The van der Waals surface area contributed by atoms with Gasteiger partial charge in [0, 0.05) is 37.0 Å². The summed E-state index contributed by atoms with van der Waals surface area (Å²) in [6, 6.07) is 15.0. The van der Waals surface area contributed by atoms with Gasteiger partial charge in [0.2, 0.25) is 0 Å². The number of phenols is 1. The number of methoxy groups -OCH3 is 1. The summed E-state index contributed by atoms with van der Waals surface area (Å²) in [5, 5.41) is 14.0. The van der Waals surface area contributed by atoms with Crippen molar-refractivity contribution >= 4 is 23.0 Å². The first kappa shape index (κ1) is 18.5. The zero-order valence-electron chi connectivity index (χ0n) is 14.9. The van der Waals surface area contributed by atoms with Gasteiger partial charge in [-0.1, -0.05) is 24.3 Å². The first-order chi connectivity index (χ1) is 12.7. The molecule has 1 fully saturated rings. The molecule has 0 bridgehead atoms. The molecule has 1 saturated heterocycles. The van der Waals surface area contributed by atoms with E-state index in [2.05, 4.69) is 5.32 Å². The summed E-state index contributed by atoms with van der Waals surface area (Å²) in [5.74, 6) is 1.04. The highest BCUT2D eigenvalue weighted by Gasteiger charge is 2.22. The predicted octanol–water partition coefficient (Wildman–Crippen LogP) is 3.78. The van der Waals surface area contributed by atoms with Crippen molar-refractivity contribution in [3.05, 3.63) is 54.1 Å². The zero-order chi connectivity index (χ0) is 18.4. The third-order valence-electron chi connectivity index (χ3n) is 4.41. The maximum Gasteiger partial charge on any atom is 0.173 e. The summed E-state index contributed by atoms with van der Waals surface area (Å²) in [6.45, 7) is 2.00. The van der Waals surface area contributed by atoms with Gasteiger partial charge in [0.25, 0.3) is 0 Å². The Balaban J connectivity index is 1.74. The fraction of sp³-hybridized carbons (Fsp3) is 0.350. The standard InChI is InChI=1S/C20H24N2O3S/c1-24-17-8-4-7-16(12-17)21-20(26)22(14-18-9-5-11-25-18)13-15-6-2-3-10-19(15)23/h2-4,6-8,10,12,18,23H,5,9,11,13-14H2,1H3,(H,21,26). The third-order valence-corrected chi connectivity index (χ3v) is 4.77. The van der Waals surface area contributed by atoms with Crippen LogP contribution in [0.5, 0.6) is 11.5 Å². The van der Waals surface area contributed by atoms with E-state index in [1.807, 2.05) is 47.4 Å². The van der Waals surface area contributed by atoms with Crippen molar-refractivity contribution < 1.29 is 14.6 Å². The van der Waals surface area contributed by atoms with Crippen molar-refractivity contribution in [1.29, 1.82) is 0 Å². The van der Waals surface area contributed by atoms with Crippen LogP contribution in [0.2, 0.25) is 0 Å². The fourth-order valence-electron chi connectivity index (χ4n) is 3.01. The molecule has 1 atom stereocenters. The van der Waals surface area contributed by atoms with E-state index in [-0.39, 0.29) is 11.9 Å². The molecule has 1 heterocycles. The second-order valence-electron chi connectivity index (χ2n) is 6.31. The van der Waals surface area contributed by atoms with Gasteiger partial charge in [-0.05, 0) is 43.3 Å². The van der Waals surface area contributed by atoms with Crippen LogP contribution in [0, 0.1) is 0 Å². The Morgan fingerprint density at radius 2 is 2.15 bits per heavy atom. The summed E-state index contributed by atoms with van der Waals surface area (Å²) in [6.07, 6.45) is 2.26. The Kier molecular flexibility index (Phi) is 6.30. The molecule has 1 aliphatic heterocycles. The maximum absolute atomic E-state index is 10.1. The average Bonchev–Trinajstić information content (AvgIpc) is 3.16. The van der Waals surface area contributed by atoms with Crippen LogP contribution < -0.4 is 10.1 Å². The van der Waals surface area contributed by atoms with Crippen molar-refractivity contribution in [2.45, 2.75) is 25.5 Å². The van der Waals surface area contributed by atoms with E-state index < -0.39 is 0 Å². The van der Waals surface area contributed by atoms with Gasteiger partial charge in [-0.25, -0.2) is 0 Å². The van der Waals surface area contributed by atoms with Crippen LogP contribution in [0.3, 0.4) is 0 Å². The highest BCUT2D eigenvalue weighted by atomic mass is 32.1. The Morgan fingerprint density at radius 1 is 1.31 bits per heavy atom. The summed E-state index contributed by atoms with van der Waals surface area (Å²) >= 11 is 5.65. The van der Waals surface area contributed by atoms with Crippen molar-refractivity contribution in [2.24, 2.45) is 0 Å². The molecule has 0 radical (unpaired) electrons. The van der Waals surface area contributed by atoms with Crippen LogP contribution in [0.1, 0.15) is 18.4 Å². The van der Waals surface area contributed by atoms with Gasteiger partial charge in [0.15, 0.2) is 5.11 Å². The Bertz CT molecular complexity index is 747. The molecular formula is C20H24N2O3S. The van der Waals surface area contributed by atoms with E-state index in [0.717, 1.165) is 36.4 Å². The molecule has 1 aliphatic rings. The molecule has 138 valence electrons. The Morgan fingerprint density at radius 3 is 2.88 bits per heavy atom. The maximum atomic E-state index is 10.1. The number of benzene rings is 2. The second kappa shape index (κ2) is 8.87. The smallest absolute Gasteiger partial charge is 0.173 e. The van der Waals surface area contributed by atoms with Gasteiger partial charge in [-0.2, -0.15) is 0 Å². The minimum Gasteiger partial charge on any atom is -0.508 e. The van der Waals surface area contributed by atoms with E-state index in [0.29, 0.717) is 18.2 Å². The highest BCUT2D eigenvalue weighted by Crippen LogP contribution is 2.22. The number of anilines is 1. The number of para-hydroxylation sites is 1. The van der Waals surface area contributed by atoms with E-state index in [1.165, 1.54) is 0 Å².